The second-order valence-corrected chi connectivity index (χ2v) is 12.4. The van der Waals surface area contributed by atoms with Crippen LogP contribution in [0.15, 0.2) is 71.6 Å². The molecule has 0 spiro atoms. The van der Waals surface area contributed by atoms with Crippen LogP contribution in [0.4, 0.5) is 17.1 Å². The van der Waals surface area contributed by atoms with E-state index in [0.29, 0.717) is 28.5 Å². The molecule has 0 aliphatic rings. The van der Waals surface area contributed by atoms with Crippen molar-refractivity contribution >= 4 is 54.6 Å². The number of nitrogens with one attached hydrogen (secondary N) is 2. The SMILES string of the molecule is Cc1ccc(N(CCCC(=O)Nc2ccc(S(=O)(=O)Nc3cc(Cl)ccc3C)cc2)S(C)(=O)=O)cc1. The Kier molecular flexibility index (Phi) is 8.65. The van der Waals surface area contributed by atoms with E-state index in [0.717, 1.165) is 17.4 Å². The quantitative estimate of drug-likeness (QED) is 0.372. The zero-order valence-electron chi connectivity index (χ0n) is 20.2. The van der Waals surface area contributed by atoms with Crippen LogP contribution in [0, 0.1) is 13.8 Å². The molecule has 0 radical (unpaired) electrons. The number of rotatable bonds is 10. The number of hydrogen-bond acceptors (Lipinski definition) is 5. The highest BCUT2D eigenvalue weighted by molar-refractivity contribution is 7.92. The summed E-state index contributed by atoms with van der Waals surface area (Å²) in [6.07, 6.45) is 1.53. The molecule has 0 heterocycles. The van der Waals surface area contributed by atoms with Crippen molar-refractivity contribution in [2.24, 2.45) is 0 Å². The number of benzene rings is 3. The predicted octanol–water partition coefficient (Wildman–Crippen LogP) is 4.94. The highest BCUT2D eigenvalue weighted by Crippen LogP contribution is 2.24. The molecule has 0 saturated heterocycles. The molecule has 0 aliphatic heterocycles. The lowest BCUT2D eigenvalue weighted by molar-refractivity contribution is -0.116. The maximum atomic E-state index is 12.7. The Morgan fingerprint density at radius 3 is 2.17 bits per heavy atom. The van der Waals surface area contributed by atoms with Crippen LogP contribution in [0.25, 0.3) is 0 Å². The van der Waals surface area contributed by atoms with Gasteiger partial charge in [-0.25, -0.2) is 16.8 Å². The fourth-order valence-corrected chi connectivity index (χ4v) is 5.69. The highest BCUT2D eigenvalue weighted by Gasteiger charge is 2.18. The van der Waals surface area contributed by atoms with E-state index >= 15 is 0 Å². The molecule has 2 N–H and O–H groups in total. The third kappa shape index (κ3) is 7.46. The lowest BCUT2D eigenvalue weighted by Gasteiger charge is -2.22. The summed E-state index contributed by atoms with van der Waals surface area (Å²) in [5.41, 5.74) is 3.09. The summed E-state index contributed by atoms with van der Waals surface area (Å²) in [5, 5.41) is 3.12. The molecule has 3 rings (SSSR count). The van der Waals surface area contributed by atoms with Crippen molar-refractivity contribution in [1.82, 2.24) is 0 Å². The summed E-state index contributed by atoms with van der Waals surface area (Å²) in [5.74, 6) is -0.310. The van der Waals surface area contributed by atoms with Crippen LogP contribution in [0.1, 0.15) is 24.0 Å². The molecule has 0 saturated carbocycles. The van der Waals surface area contributed by atoms with Crippen LogP contribution in [0.3, 0.4) is 0 Å². The predicted molar refractivity (Wildman–Crippen MR) is 145 cm³/mol. The molecule has 0 bridgehead atoms. The molecule has 11 heteroatoms. The van der Waals surface area contributed by atoms with Gasteiger partial charge in [-0.1, -0.05) is 35.4 Å². The van der Waals surface area contributed by atoms with Crippen molar-refractivity contribution in [3.63, 3.8) is 0 Å². The molecule has 0 fully saturated rings. The van der Waals surface area contributed by atoms with E-state index in [1.807, 2.05) is 19.1 Å². The van der Waals surface area contributed by atoms with Gasteiger partial charge in [-0.05, 0) is 74.4 Å². The monoisotopic (exact) mass is 549 g/mol. The molecule has 3 aromatic carbocycles. The molecule has 0 atom stereocenters. The van der Waals surface area contributed by atoms with E-state index in [1.165, 1.54) is 34.6 Å². The first-order valence-corrected chi connectivity index (χ1v) is 14.8. The number of nitrogens with zero attached hydrogens (tertiary/aromatic N) is 1. The molecule has 192 valence electrons. The number of hydrogen-bond donors (Lipinski definition) is 2. The Labute approximate surface area is 217 Å². The van der Waals surface area contributed by atoms with Gasteiger partial charge < -0.3 is 5.32 Å². The first-order chi connectivity index (χ1) is 16.8. The van der Waals surface area contributed by atoms with Gasteiger partial charge in [0.05, 0.1) is 22.5 Å². The van der Waals surface area contributed by atoms with Gasteiger partial charge in [0.2, 0.25) is 15.9 Å². The average Bonchev–Trinajstić information content (AvgIpc) is 2.79. The second kappa shape index (κ2) is 11.3. The van der Waals surface area contributed by atoms with Gasteiger partial charge in [-0.15, -0.1) is 0 Å². The molecule has 1 amide bonds. The number of carbonyl (C=O) groups excluding carboxylic acids is 1. The molecule has 8 nitrogen and oxygen atoms in total. The maximum absolute atomic E-state index is 12.7. The minimum absolute atomic E-state index is 0.0294. The topological polar surface area (TPSA) is 113 Å². The molecule has 3 aromatic rings. The third-order valence-electron chi connectivity index (χ3n) is 5.38. The summed E-state index contributed by atoms with van der Waals surface area (Å²) in [6, 6.07) is 17.8. The van der Waals surface area contributed by atoms with Crippen LogP contribution >= 0.6 is 11.6 Å². The van der Waals surface area contributed by atoms with Gasteiger partial charge in [-0.3, -0.25) is 13.8 Å². The molecule has 0 aliphatic carbocycles. The lowest BCUT2D eigenvalue weighted by atomic mass is 10.2. The summed E-state index contributed by atoms with van der Waals surface area (Å²) < 4.78 is 53.7. The third-order valence-corrected chi connectivity index (χ3v) is 8.19. The highest BCUT2D eigenvalue weighted by atomic mass is 35.5. The normalized spacial score (nSPS) is 11.7. The van der Waals surface area contributed by atoms with Gasteiger partial charge in [0.15, 0.2) is 0 Å². The van der Waals surface area contributed by atoms with Crippen molar-refractivity contribution in [1.29, 1.82) is 0 Å². The van der Waals surface area contributed by atoms with Crippen LogP contribution < -0.4 is 14.3 Å². The first kappa shape index (κ1) is 27.5. The average molecular weight is 550 g/mol. The Morgan fingerprint density at radius 2 is 1.56 bits per heavy atom. The Hall–Kier alpha value is -3.08. The fraction of sp³-hybridized carbons (Fsp3) is 0.240. The van der Waals surface area contributed by atoms with Crippen LogP contribution in [-0.2, 0) is 24.8 Å². The number of carbonyl (C=O) groups is 1. The van der Waals surface area contributed by atoms with Gasteiger partial charge in [0, 0.05) is 23.7 Å². The van der Waals surface area contributed by atoms with E-state index in [4.69, 9.17) is 11.6 Å². The number of halogens is 1. The van der Waals surface area contributed by atoms with E-state index in [-0.39, 0.29) is 23.8 Å². The summed E-state index contributed by atoms with van der Waals surface area (Å²) in [4.78, 5) is 12.4. The minimum Gasteiger partial charge on any atom is -0.326 e. The van der Waals surface area contributed by atoms with Crippen molar-refractivity contribution in [3.8, 4) is 0 Å². The molecule has 0 unspecified atom stereocenters. The molecule has 0 aromatic heterocycles. The Bertz CT molecular complexity index is 1440. The van der Waals surface area contributed by atoms with E-state index in [1.54, 1.807) is 31.2 Å². The number of sulfonamides is 2. The minimum atomic E-state index is -3.85. The maximum Gasteiger partial charge on any atom is 0.261 e. The lowest BCUT2D eigenvalue weighted by Crippen LogP contribution is -2.31. The van der Waals surface area contributed by atoms with Gasteiger partial charge in [0.25, 0.3) is 10.0 Å². The Morgan fingerprint density at radius 1 is 0.917 bits per heavy atom. The van der Waals surface area contributed by atoms with Gasteiger partial charge in [0.1, 0.15) is 0 Å². The summed E-state index contributed by atoms with van der Waals surface area (Å²) in [6.45, 7) is 3.83. The van der Waals surface area contributed by atoms with Crippen molar-refractivity contribution < 1.29 is 21.6 Å². The van der Waals surface area contributed by atoms with Crippen molar-refractivity contribution in [3.05, 3.63) is 82.9 Å². The second-order valence-electron chi connectivity index (χ2n) is 8.41. The largest absolute Gasteiger partial charge is 0.326 e. The molecular weight excluding hydrogens is 522 g/mol. The van der Waals surface area contributed by atoms with Crippen molar-refractivity contribution in [2.75, 3.05) is 27.1 Å². The van der Waals surface area contributed by atoms with E-state index in [2.05, 4.69) is 10.0 Å². The van der Waals surface area contributed by atoms with Crippen LogP contribution in [-0.4, -0.2) is 35.5 Å². The summed E-state index contributed by atoms with van der Waals surface area (Å²) in [7, 11) is -7.35. The number of amides is 1. The molecular formula is C25H28ClN3O5S2. The Balaban J connectivity index is 1.58. The summed E-state index contributed by atoms with van der Waals surface area (Å²) >= 11 is 5.97. The van der Waals surface area contributed by atoms with Crippen molar-refractivity contribution in [2.45, 2.75) is 31.6 Å². The van der Waals surface area contributed by atoms with E-state index in [9.17, 15) is 21.6 Å². The van der Waals surface area contributed by atoms with E-state index < -0.39 is 20.0 Å². The fourth-order valence-electron chi connectivity index (χ4n) is 3.43. The van der Waals surface area contributed by atoms with Gasteiger partial charge in [-0.2, -0.15) is 0 Å². The first-order valence-electron chi connectivity index (χ1n) is 11.1. The zero-order chi connectivity index (χ0) is 26.5. The standard InChI is InChI=1S/C25H28ClN3O5S2/c1-18-6-12-22(13-7-18)29(35(3,31)32)16-4-5-25(30)27-21-10-14-23(15-11-21)36(33,34)28-24-17-20(26)9-8-19(24)2/h6-15,17,28H,4-5,16H2,1-3H3,(H,27,30). The zero-order valence-corrected chi connectivity index (χ0v) is 22.5. The van der Waals surface area contributed by atoms with Crippen LogP contribution in [0.5, 0.6) is 0 Å². The number of aryl methyl sites for hydroxylation is 2. The molecule has 36 heavy (non-hydrogen) atoms. The smallest absolute Gasteiger partial charge is 0.261 e. The van der Waals surface area contributed by atoms with Gasteiger partial charge >= 0.3 is 0 Å². The number of anilines is 3. The van der Waals surface area contributed by atoms with Crippen LogP contribution in [0.2, 0.25) is 5.02 Å².